The predicted molar refractivity (Wildman–Crippen MR) is 140 cm³/mol. The molecule has 0 fully saturated rings. The molecule has 0 aliphatic carbocycles. The van der Waals surface area contributed by atoms with Crippen molar-refractivity contribution in [2.75, 3.05) is 0 Å². The van der Waals surface area contributed by atoms with E-state index < -0.39 is 14.2 Å². The summed E-state index contributed by atoms with van der Waals surface area (Å²) >= 11 is 0. The highest BCUT2D eigenvalue weighted by Crippen LogP contribution is 2.36. The Labute approximate surface area is 198 Å². The summed E-state index contributed by atoms with van der Waals surface area (Å²) < 4.78 is 11.6. The van der Waals surface area contributed by atoms with Crippen molar-refractivity contribution in [3.05, 3.63) is 53.3 Å². The molecule has 1 aromatic rings. The monoisotopic (exact) mass is 458 g/mol. The first-order chi connectivity index (χ1) is 14.7. The largest absolute Gasteiger partial charge is 0.474 e. The Balaban J connectivity index is 2.80. The van der Waals surface area contributed by atoms with E-state index in [4.69, 9.17) is 9.15 Å². The molecule has 1 aromatic heterocycles. The van der Waals surface area contributed by atoms with E-state index in [9.17, 15) is 4.79 Å². The molecular weight excluding hydrogens is 412 g/mol. The first kappa shape index (κ1) is 28.2. The summed E-state index contributed by atoms with van der Waals surface area (Å²) in [5.41, 5.74) is 3.75. The van der Waals surface area contributed by atoms with E-state index in [1.54, 1.807) is 6.26 Å². The molecule has 0 bridgehead atoms. The van der Waals surface area contributed by atoms with Crippen molar-refractivity contribution in [3.8, 4) is 0 Å². The SMILES string of the molecule is CC(=O)OC(/C=C/C(C)CC/C=C(\C)CCC=C(C)C)c1coc([Si](C)(C)C(C)(C)C)c1. The quantitative estimate of drug-likeness (QED) is 0.190. The molecule has 3 nitrogen and oxygen atoms in total. The molecule has 0 radical (unpaired) electrons. The van der Waals surface area contributed by atoms with Gasteiger partial charge in [-0.05, 0) is 69.6 Å². The number of allylic oxidation sites excluding steroid dienone is 5. The van der Waals surface area contributed by atoms with Gasteiger partial charge in [0.15, 0.2) is 0 Å². The Morgan fingerprint density at radius 3 is 2.31 bits per heavy atom. The maximum atomic E-state index is 11.7. The highest BCUT2D eigenvalue weighted by atomic mass is 28.3. The minimum absolute atomic E-state index is 0.181. The molecule has 32 heavy (non-hydrogen) atoms. The lowest BCUT2D eigenvalue weighted by Gasteiger charge is -2.34. The van der Waals surface area contributed by atoms with Gasteiger partial charge in [-0.1, -0.05) is 70.2 Å². The van der Waals surface area contributed by atoms with E-state index in [-0.39, 0.29) is 11.0 Å². The van der Waals surface area contributed by atoms with Gasteiger partial charge in [0.05, 0.1) is 11.6 Å². The van der Waals surface area contributed by atoms with Crippen molar-refractivity contribution in [2.24, 2.45) is 5.92 Å². The lowest BCUT2D eigenvalue weighted by Crippen LogP contribution is -2.48. The second kappa shape index (κ2) is 12.4. The zero-order valence-corrected chi connectivity index (χ0v) is 23.2. The summed E-state index contributed by atoms with van der Waals surface area (Å²) in [6, 6.07) is 2.10. The molecule has 0 aromatic carbocycles. The predicted octanol–water partition coefficient (Wildman–Crippen LogP) is 8.26. The molecule has 1 heterocycles. The molecule has 0 saturated carbocycles. The summed E-state index contributed by atoms with van der Waals surface area (Å²) in [5.74, 6) is 0.124. The van der Waals surface area contributed by atoms with Gasteiger partial charge < -0.3 is 9.15 Å². The van der Waals surface area contributed by atoms with E-state index in [0.717, 1.165) is 36.6 Å². The Kier molecular flexibility index (Phi) is 11.0. The van der Waals surface area contributed by atoms with Crippen molar-refractivity contribution >= 4 is 19.4 Å². The van der Waals surface area contributed by atoms with E-state index in [2.05, 4.69) is 85.9 Å². The molecule has 180 valence electrons. The molecule has 1 rings (SSSR count). The highest BCUT2D eigenvalue weighted by molar-refractivity contribution is 6.91. The standard InChI is InChI=1S/C28H46O3Si/c1-21(2)13-11-14-22(3)15-12-16-23(4)17-18-26(31-24(5)29)25-19-27(30-20-25)32(9,10)28(6,7)8/h13,15,17-20,23,26H,11-12,14,16H2,1-10H3/b18-17+,22-15+. The normalized spacial score (nSPS) is 15.0. The summed E-state index contributed by atoms with van der Waals surface area (Å²) in [7, 11) is -1.78. The number of esters is 1. The molecule has 2 unspecified atom stereocenters. The smallest absolute Gasteiger partial charge is 0.303 e. The summed E-state index contributed by atoms with van der Waals surface area (Å²) in [4.78, 5) is 11.7. The number of carbonyl (C=O) groups is 1. The first-order valence-corrected chi connectivity index (χ1v) is 15.0. The summed E-state index contributed by atoms with van der Waals surface area (Å²) in [6.45, 7) is 21.6. The number of rotatable bonds is 11. The molecule has 0 amide bonds. The van der Waals surface area contributed by atoms with Crippen LogP contribution in [0.25, 0.3) is 0 Å². The summed E-state index contributed by atoms with van der Waals surface area (Å²) in [6.07, 6.45) is 14.6. The van der Waals surface area contributed by atoms with Gasteiger partial charge in [0.2, 0.25) is 0 Å². The third-order valence-electron chi connectivity index (χ3n) is 6.55. The molecule has 0 aliphatic rings. The molecule has 2 atom stereocenters. The van der Waals surface area contributed by atoms with Crippen LogP contribution in [0.15, 0.2) is 52.2 Å². The third kappa shape index (κ3) is 9.36. The van der Waals surface area contributed by atoms with Gasteiger partial charge in [0.25, 0.3) is 0 Å². The van der Waals surface area contributed by atoms with Gasteiger partial charge in [-0.3, -0.25) is 4.79 Å². The Morgan fingerprint density at radius 1 is 1.09 bits per heavy atom. The van der Waals surface area contributed by atoms with Gasteiger partial charge in [-0.25, -0.2) is 0 Å². The van der Waals surface area contributed by atoms with Crippen molar-refractivity contribution in [1.82, 2.24) is 0 Å². The Hall–Kier alpha value is -1.81. The molecule has 4 heteroatoms. The molecule has 0 aliphatic heterocycles. The van der Waals surface area contributed by atoms with E-state index >= 15 is 0 Å². The average Bonchev–Trinajstić information content (AvgIpc) is 3.14. The van der Waals surface area contributed by atoms with Crippen molar-refractivity contribution < 1.29 is 13.9 Å². The second-order valence-electron chi connectivity index (χ2n) is 11.0. The van der Waals surface area contributed by atoms with Crippen LogP contribution in [0.1, 0.15) is 92.7 Å². The van der Waals surface area contributed by atoms with Crippen LogP contribution in [0.4, 0.5) is 0 Å². The number of carbonyl (C=O) groups excluding carboxylic acids is 1. The van der Waals surface area contributed by atoms with Crippen LogP contribution in [0.5, 0.6) is 0 Å². The van der Waals surface area contributed by atoms with Crippen LogP contribution in [-0.4, -0.2) is 14.0 Å². The number of hydrogen-bond donors (Lipinski definition) is 0. The zero-order valence-electron chi connectivity index (χ0n) is 22.2. The minimum atomic E-state index is -1.78. The third-order valence-corrected chi connectivity index (χ3v) is 11.8. The van der Waals surface area contributed by atoms with Crippen LogP contribution >= 0.6 is 0 Å². The summed E-state index contributed by atoms with van der Waals surface area (Å²) in [5, 5.41) is 1.23. The fourth-order valence-electron chi connectivity index (χ4n) is 3.26. The van der Waals surface area contributed by atoms with Crippen LogP contribution in [-0.2, 0) is 9.53 Å². The van der Waals surface area contributed by atoms with Gasteiger partial charge in [0.1, 0.15) is 14.2 Å². The van der Waals surface area contributed by atoms with E-state index in [1.807, 2.05) is 6.08 Å². The van der Waals surface area contributed by atoms with Crippen LogP contribution in [0.2, 0.25) is 18.1 Å². The maximum Gasteiger partial charge on any atom is 0.303 e. The molecule has 0 N–H and O–H groups in total. The Bertz CT molecular complexity index is 814. The van der Waals surface area contributed by atoms with Gasteiger partial charge >= 0.3 is 5.97 Å². The lowest BCUT2D eigenvalue weighted by atomic mass is 10.0. The van der Waals surface area contributed by atoms with Gasteiger partial charge in [0, 0.05) is 12.5 Å². The zero-order chi connectivity index (χ0) is 24.5. The second-order valence-corrected chi connectivity index (χ2v) is 16.2. The minimum Gasteiger partial charge on any atom is -0.474 e. The number of ether oxygens (including phenoxy) is 1. The fourth-order valence-corrected chi connectivity index (χ4v) is 4.88. The fraction of sp³-hybridized carbons (Fsp3) is 0.607. The van der Waals surface area contributed by atoms with Crippen molar-refractivity contribution in [2.45, 2.75) is 105 Å². The number of hydrogen-bond acceptors (Lipinski definition) is 3. The van der Waals surface area contributed by atoms with Crippen LogP contribution in [0, 0.1) is 5.92 Å². The van der Waals surface area contributed by atoms with Gasteiger partial charge in [-0.15, -0.1) is 0 Å². The van der Waals surface area contributed by atoms with Crippen molar-refractivity contribution in [1.29, 1.82) is 0 Å². The number of furan rings is 1. The van der Waals surface area contributed by atoms with E-state index in [0.29, 0.717) is 5.92 Å². The first-order valence-electron chi connectivity index (χ1n) is 12.0. The van der Waals surface area contributed by atoms with Crippen LogP contribution in [0.3, 0.4) is 0 Å². The molecule has 0 saturated heterocycles. The molecular formula is C28H46O3Si. The lowest BCUT2D eigenvalue weighted by molar-refractivity contribution is -0.144. The topological polar surface area (TPSA) is 39.4 Å². The average molecular weight is 459 g/mol. The van der Waals surface area contributed by atoms with Crippen LogP contribution < -0.4 is 5.38 Å². The van der Waals surface area contributed by atoms with Crippen molar-refractivity contribution in [3.63, 3.8) is 0 Å². The maximum absolute atomic E-state index is 11.7. The Morgan fingerprint density at radius 2 is 1.75 bits per heavy atom. The highest BCUT2D eigenvalue weighted by Gasteiger charge is 2.40. The van der Waals surface area contributed by atoms with Gasteiger partial charge in [-0.2, -0.15) is 0 Å². The molecule has 0 spiro atoms. The van der Waals surface area contributed by atoms with E-state index in [1.165, 1.54) is 18.1 Å².